The average Bonchev–Trinajstić information content (AvgIpc) is 3.30. The predicted octanol–water partition coefficient (Wildman–Crippen LogP) is 6.85. The number of allylic oxidation sites excluding steroid dienone is 2. The first kappa shape index (κ1) is 22.8. The lowest BCUT2D eigenvalue weighted by atomic mass is 9.85. The number of ketones is 1. The number of fused-ring (bicyclic) bond motifs is 1. The number of benzene rings is 3. The molecule has 2 aliphatic rings. The van der Waals surface area contributed by atoms with E-state index in [1.165, 1.54) is 0 Å². The molecule has 1 aromatic heterocycles. The fourth-order valence-corrected chi connectivity index (χ4v) is 5.26. The first-order chi connectivity index (χ1) is 17.6. The van der Waals surface area contributed by atoms with Gasteiger partial charge in [0.15, 0.2) is 11.6 Å². The van der Waals surface area contributed by atoms with Crippen molar-refractivity contribution in [3.63, 3.8) is 0 Å². The van der Waals surface area contributed by atoms with E-state index < -0.39 is 6.04 Å². The summed E-state index contributed by atoms with van der Waals surface area (Å²) in [4.78, 5) is 17.9. The number of Topliss-reactive ketones (excluding diaryl/α,β-unsaturated/α-hetero) is 1. The van der Waals surface area contributed by atoms with Gasteiger partial charge in [0.25, 0.3) is 0 Å². The summed E-state index contributed by atoms with van der Waals surface area (Å²) < 4.78 is 7.86. The van der Waals surface area contributed by atoms with Crippen LogP contribution in [0.2, 0.25) is 10.0 Å². The van der Waals surface area contributed by atoms with Gasteiger partial charge in [0.1, 0.15) is 18.4 Å². The number of nitrogens with one attached hydrogen (secondary N) is 1. The Hall–Kier alpha value is -3.61. The van der Waals surface area contributed by atoms with Crippen LogP contribution in [0.15, 0.2) is 84.1 Å². The highest BCUT2D eigenvalue weighted by atomic mass is 35.5. The van der Waals surface area contributed by atoms with E-state index in [0.717, 1.165) is 41.0 Å². The molecule has 0 amide bonds. The van der Waals surface area contributed by atoms with E-state index in [4.69, 9.17) is 38.0 Å². The summed E-state index contributed by atoms with van der Waals surface area (Å²) in [6.07, 6.45) is 2.11. The molecule has 1 aliphatic heterocycles. The second kappa shape index (κ2) is 9.45. The van der Waals surface area contributed by atoms with E-state index in [0.29, 0.717) is 40.4 Å². The number of halogens is 2. The molecule has 6 nitrogen and oxygen atoms in total. The molecule has 36 heavy (non-hydrogen) atoms. The van der Waals surface area contributed by atoms with Crippen molar-refractivity contribution in [2.75, 3.05) is 5.32 Å². The third-order valence-corrected chi connectivity index (χ3v) is 7.01. The molecule has 0 spiro atoms. The molecular formula is C28H22Cl2N4O2. The van der Waals surface area contributed by atoms with Gasteiger partial charge in [0.05, 0.1) is 5.02 Å². The third-order valence-electron chi connectivity index (χ3n) is 6.46. The number of carbonyl (C=O) groups excluding carboxylic acids is 1. The standard InChI is InChI=1S/C28H22Cl2N4O2/c29-19-12-13-21(22(30)15-19)27-32-28-31-23-10-5-11-24(35)25(23)26(34(28)33-27)18-8-4-9-20(14-18)36-16-17-6-2-1-3-7-17/h1-4,6-9,12-15,26H,5,10-11,16H2,(H,31,32,33). The number of ether oxygens (including phenoxy) is 1. The monoisotopic (exact) mass is 516 g/mol. The van der Waals surface area contributed by atoms with Gasteiger partial charge in [-0.15, -0.1) is 5.10 Å². The van der Waals surface area contributed by atoms with Crippen molar-refractivity contribution in [1.82, 2.24) is 14.8 Å². The van der Waals surface area contributed by atoms with Crippen molar-refractivity contribution in [2.24, 2.45) is 0 Å². The van der Waals surface area contributed by atoms with Gasteiger partial charge in [-0.3, -0.25) is 4.79 Å². The summed E-state index contributed by atoms with van der Waals surface area (Å²) in [5, 5.41) is 9.17. The maximum atomic E-state index is 13.2. The second-order valence-electron chi connectivity index (χ2n) is 8.87. The van der Waals surface area contributed by atoms with Crippen molar-refractivity contribution >= 4 is 34.9 Å². The maximum Gasteiger partial charge on any atom is 0.226 e. The quantitative estimate of drug-likeness (QED) is 0.314. The highest BCUT2D eigenvalue weighted by Crippen LogP contribution is 2.42. The van der Waals surface area contributed by atoms with Crippen LogP contribution in [-0.2, 0) is 11.4 Å². The van der Waals surface area contributed by atoms with Crippen LogP contribution in [0.1, 0.15) is 36.4 Å². The van der Waals surface area contributed by atoms with Crippen molar-refractivity contribution in [3.8, 4) is 17.1 Å². The minimum atomic E-state index is -0.420. The first-order valence-electron chi connectivity index (χ1n) is 11.8. The van der Waals surface area contributed by atoms with Gasteiger partial charge in [-0.2, -0.15) is 4.98 Å². The molecule has 1 atom stereocenters. The molecular weight excluding hydrogens is 495 g/mol. The minimum absolute atomic E-state index is 0.122. The van der Waals surface area contributed by atoms with Crippen LogP contribution in [-0.4, -0.2) is 20.5 Å². The zero-order valence-corrected chi connectivity index (χ0v) is 20.8. The molecule has 180 valence electrons. The lowest BCUT2D eigenvalue weighted by molar-refractivity contribution is -0.116. The molecule has 6 rings (SSSR count). The number of anilines is 1. The van der Waals surface area contributed by atoms with Gasteiger partial charge in [-0.1, -0.05) is 65.7 Å². The smallest absolute Gasteiger partial charge is 0.226 e. The summed E-state index contributed by atoms with van der Waals surface area (Å²) in [6.45, 7) is 0.456. The molecule has 1 N–H and O–H groups in total. The number of carbonyl (C=O) groups is 1. The maximum absolute atomic E-state index is 13.2. The molecule has 8 heteroatoms. The predicted molar refractivity (Wildman–Crippen MR) is 140 cm³/mol. The largest absolute Gasteiger partial charge is 0.489 e. The van der Waals surface area contributed by atoms with Crippen LogP contribution < -0.4 is 10.1 Å². The van der Waals surface area contributed by atoms with E-state index in [1.807, 2.05) is 54.6 Å². The summed E-state index contributed by atoms with van der Waals surface area (Å²) in [5.74, 6) is 1.89. The number of aromatic nitrogens is 3. The Kier molecular flexibility index (Phi) is 5.99. The van der Waals surface area contributed by atoms with Gasteiger partial charge >= 0.3 is 0 Å². The number of hydrogen-bond acceptors (Lipinski definition) is 5. The van der Waals surface area contributed by atoms with E-state index in [-0.39, 0.29) is 5.78 Å². The molecule has 1 aliphatic carbocycles. The Labute approximate surface area is 218 Å². The SMILES string of the molecule is O=C1CCCC2=C1C(c1cccc(OCc3ccccc3)c1)n1nc(-c3ccc(Cl)cc3Cl)nc1N2. The molecule has 3 aromatic carbocycles. The van der Waals surface area contributed by atoms with E-state index >= 15 is 0 Å². The Morgan fingerprint density at radius 3 is 2.69 bits per heavy atom. The van der Waals surface area contributed by atoms with Crippen molar-refractivity contribution in [3.05, 3.63) is 105 Å². The normalized spacial score (nSPS) is 16.8. The summed E-state index contributed by atoms with van der Waals surface area (Å²) in [7, 11) is 0. The van der Waals surface area contributed by atoms with Gasteiger partial charge < -0.3 is 10.1 Å². The first-order valence-corrected chi connectivity index (χ1v) is 12.5. The highest BCUT2D eigenvalue weighted by Gasteiger charge is 2.37. The summed E-state index contributed by atoms with van der Waals surface area (Å²) >= 11 is 12.5. The Morgan fingerprint density at radius 1 is 1.00 bits per heavy atom. The second-order valence-corrected chi connectivity index (χ2v) is 9.71. The van der Waals surface area contributed by atoms with E-state index in [2.05, 4.69) is 5.32 Å². The molecule has 0 saturated carbocycles. The summed E-state index contributed by atoms with van der Waals surface area (Å²) in [5.41, 5.74) is 4.30. The highest BCUT2D eigenvalue weighted by molar-refractivity contribution is 6.36. The Morgan fingerprint density at radius 2 is 1.86 bits per heavy atom. The molecule has 2 heterocycles. The zero-order chi connectivity index (χ0) is 24.6. The van der Waals surface area contributed by atoms with Crippen LogP contribution >= 0.6 is 23.2 Å². The Balaban J connectivity index is 1.41. The molecule has 4 aromatic rings. The molecule has 0 fully saturated rings. The van der Waals surface area contributed by atoms with Crippen LogP contribution in [0.25, 0.3) is 11.4 Å². The lowest BCUT2D eigenvalue weighted by Gasteiger charge is -2.32. The van der Waals surface area contributed by atoms with Crippen molar-refractivity contribution in [2.45, 2.75) is 31.9 Å². The third kappa shape index (κ3) is 4.27. The number of hydrogen-bond donors (Lipinski definition) is 1. The van der Waals surface area contributed by atoms with Crippen LogP contribution in [0.3, 0.4) is 0 Å². The zero-order valence-electron chi connectivity index (χ0n) is 19.2. The average molecular weight is 517 g/mol. The van der Waals surface area contributed by atoms with Crippen molar-refractivity contribution < 1.29 is 9.53 Å². The lowest BCUT2D eigenvalue weighted by Crippen LogP contribution is -2.31. The summed E-state index contributed by atoms with van der Waals surface area (Å²) in [6, 6.07) is 22.7. The molecule has 0 saturated heterocycles. The molecule has 1 unspecified atom stereocenters. The fourth-order valence-electron chi connectivity index (χ4n) is 4.76. The topological polar surface area (TPSA) is 69.0 Å². The Bertz CT molecular complexity index is 1500. The van der Waals surface area contributed by atoms with Gasteiger partial charge in [0.2, 0.25) is 5.95 Å². The van der Waals surface area contributed by atoms with Crippen LogP contribution in [0.4, 0.5) is 5.95 Å². The fraction of sp³-hybridized carbons (Fsp3) is 0.179. The van der Waals surface area contributed by atoms with Crippen molar-refractivity contribution in [1.29, 1.82) is 0 Å². The van der Waals surface area contributed by atoms with E-state index in [1.54, 1.807) is 22.9 Å². The van der Waals surface area contributed by atoms with Crippen LogP contribution in [0, 0.1) is 0 Å². The number of nitrogens with zero attached hydrogens (tertiary/aromatic N) is 3. The number of rotatable bonds is 5. The van der Waals surface area contributed by atoms with Crippen LogP contribution in [0.5, 0.6) is 5.75 Å². The van der Waals surface area contributed by atoms with Gasteiger partial charge in [-0.05, 0) is 54.3 Å². The van der Waals surface area contributed by atoms with E-state index in [9.17, 15) is 4.79 Å². The van der Waals surface area contributed by atoms with Gasteiger partial charge in [0, 0.05) is 28.3 Å². The van der Waals surface area contributed by atoms with Gasteiger partial charge in [-0.25, -0.2) is 4.68 Å². The molecule has 0 radical (unpaired) electrons. The minimum Gasteiger partial charge on any atom is -0.489 e. The molecule has 0 bridgehead atoms.